The highest BCUT2D eigenvalue weighted by molar-refractivity contribution is 5.99. The molecule has 2 aromatic heterocycles. The molecule has 3 heterocycles. The largest absolute Gasteiger partial charge is 0.490 e. The van der Waals surface area contributed by atoms with Gasteiger partial charge < -0.3 is 20.2 Å². The number of aliphatic carboxylic acids is 1. The van der Waals surface area contributed by atoms with Gasteiger partial charge in [-0.25, -0.2) is 4.79 Å². The molecule has 0 atom stereocenters. The van der Waals surface area contributed by atoms with Crippen LogP contribution in [0.15, 0.2) is 53.8 Å². The van der Waals surface area contributed by atoms with Crippen LogP contribution in [0.4, 0.5) is 13.2 Å². The van der Waals surface area contributed by atoms with Crippen LogP contribution >= 0.6 is 0 Å². The van der Waals surface area contributed by atoms with Crippen LogP contribution in [-0.4, -0.2) is 51.0 Å². The van der Waals surface area contributed by atoms with Gasteiger partial charge in [0, 0.05) is 41.7 Å². The fourth-order valence-electron chi connectivity index (χ4n) is 3.35. The highest BCUT2D eigenvalue weighted by Gasteiger charge is 2.38. The van der Waals surface area contributed by atoms with Crippen LogP contribution < -0.4 is 5.32 Å². The number of carboxylic acids is 1. The monoisotopic (exact) mass is 516 g/mol. The van der Waals surface area contributed by atoms with Crippen molar-refractivity contribution in [2.45, 2.75) is 45.9 Å². The molecule has 0 bridgehead atoms. The lowest BCUT2D eigenvalue weighted by Crippen LogP contribution is -2.31. The van der Waals surface area contributed by atoms with E-state index in [1.54, 1.807) is 6.20 Å². The number of benzene rings is 1. The second kappa shape index (κ2) is 10.9. The van der Waals surface area contributed by atoms with E-state index < -0.39 is 12.1 Å². The van der Waals surface area contributed by atoms with Crippen molar-refractivity contribution >= 4 is 17.6 Å². The fourth-order valence-corrected chi connectivity index (χ4v) is 3.35. The summed E-state index contributed by atoms with van der Waals surface area (Å²) in [6.07, 6.45) is -2.47. The number of carbonyl (C=O) groups excluding carboxylic acids is 1. The van der Waals surface area contributed by atoms with Crippen molar-refractivity contribution in [1.29, 1.82) is 0 Å². The number of fused-ring (bicyclic) bond motifs is 1. The zero-order valence-electron chi connectivity index (χ0n) is 20.7. The highest BCUT2D eigenvalue weighted by Crippen LogP contribution is 2.27. The Morgan fingerprint density at radius 3 is 2.30 bits per heavy atom. The van der Waals surface area contributed by atoms with E-state index in [2.05, 4.69) is 20.4 Å². The zero-order chi connectivity index (χ0) is 27.4. The number of halogens is 3. The minimum Gasteiger partial charge on any atom is -0.475 e. The van der Waals surface area contributed by atoms with Gasteiger partial charge in [0.25, 0.3) is 5.91 Å². The number of rotatable bonds is 4. The molecule has 0 unspecified atom stereocenters. The maximum Gasteiger partial charge on any atom is 0.490 e. The molecule has 1 aliphatic heterocycles. The molecule has 0 fully saturated rings. The Hall–Kier alpha value is -4.15. The first kappa shape index (κ1) is 27.4. The topological polar surface area (TPSA) is 117 Å². The van der Waals surface area contributed by atoms with Gasteiger partial charge in [0.15, 0.2) is 0 Å². The smallest absolute Gasteiger partial charge is 0.475 e. The van der Waals surface area contributed by atoms with Gasteiger partial charge in [-0.05, 0) is 51.5 Å². The van der Waals surface area contributed by atoms with Gasteiger partial charge in [0.1, 0.15) is 5.60 Å². The number of amides is 1. The third-order valence-electron chi connectivity index (χ3n) is 5.17. The average molecular weight is 517 g/mol. The first-order valence-corrected chi connectivity index (χ1v) is 11.3. The van der Waals surface area contributed by atoms with Crippen LogP contribution in [0, 0.1) is 0 Å². The number of aromatic nitrogens is 2. The fraction of sp³-hybridized carbons (Fsp3) is 0.308. The molecule has 1 aromatic carbocycles. The maximum absolute atomic E-state index is 12.0. The molecular formula is C26H27F3N4O4. The molecule has 8 nitrogen and oxygen atoms in total. The van der Waals surface area contributed by atoms with E-state index in [1.165, 1.54) is 0 Å². The molecule has 196 valence electrons. The van der Waals surface area contributed by atoms with Gasteiger partial charge >= 0.3 is 12.1 Å². The van der Waals surface area contributed by atoms with Crippen molar-refractivity contribution in [3.8, 4) is 22.5 Å². The zero-order valence-corrected chi connectivity index (χ0v) is 20.7. The Morgan fingerprint density at radius 1 is 1.08 bits per heavy atom. The molecule has 1 amide bonds. The van der Waals surface area contributed by atoms with Crippen LogP contribution in [0.2, 0.25) is 0 Å². The van der Waals surface area contributed by atoms with E-state index in [0.29, 0.717) is 6.54 Å². The summed E-state index contributed by atoms with van der Waals surface area (Å²) in [5, 5.41) is 14.2. The first-order chi connectivity index (χ1) is 17.2. The van der Waals surface area contributed by atoms with Crippen LogP contribution in [0.25, 0.3) is 22.5 Å². The number of nitrogens with one attached hydrogen (secondary N) is 2. The van der Waals surface area contributed by atoms with Crippen molar-refractivity contribution in [1.82, 2.24) is 15.3 Å². The number of carbonyl (C=O) groups is 2. The lowest BCUT2D eigenvalue weighted by Gasteiger charge is -2.16. The average Bonchev–Trinajstić information content (AvgIpc) is 3.28. The number of hydrogen-bond donors (Lipinski definition) is 3. The SMILES string of the molecule is CC(=NOC(C)(C)C)c1ccc(-c2cc(-c3cc4c([nH]3)CCNC4=O)ccn2)cc1.O=C(O)C(F)(F)F. The maximum atomic E-state index is 12.0. The number of pyridine rings is 1. The van der Waals surface area contributed by atoms with E-state index in [-0.39, 0.29) is 11.5 Å². The van der Waals surface area contributed by atoms with Crippen molar-refractivity contribution < 1.29 is 32.7 Å². The number of H-pyrrole nitrogens is 1. The molecule has 3 N–H and O–H groups in total. The predicted molar refractivity (Wildman–Crippen MR) is 132 cm³/mol. The minimum atomic E-state index is -5.08. The molecule has 0 spiro atoms. The van der Waals surface area contributed by atoms with E-state index in [1.807, 2.05) is 70.2 Å². The quantitative estimate of drug-likeness (QED) is 0.326. The summed E-state index contributed by atoms with van der Waals surface area (Å²) in [7, 11) is 0. The Balaban J connectivity index is 0.000000479. The van der Waals surface area contributed by atoms with E-state index in [0.717, 1.165) is 51.5 Å². The molecular weight excluding hydrogens is 489 g/mol. The van der Waals surface area contributed by atoms with Gasteiger partial charge in [-0.3, -0.25) is 9.78 Å². The molecule has 1 aliphatic rings. The molecule has 3 aromatic rings. The molecule has 4 rings (SSSR count). The molecule has 0 saturated heterocycles. The summed E-state index contributed by atoms with van der Waals surface area (Å²) in [4.78, 5) is 34.4. The standard InChI is InChI=1S/C24H26N4O2.C2HF3O2/c1-15(28-30-24(2,3)4)16-5-7-17(8-6-16)21-13-18(9-11-25-21)22-14-19-20(27-22)10-12-26-23(19)29;3-2(4,5)1(6)7/h5-9,11,13-14,27H,10,12H2,1-4H3,(H,26,29);(H,6,7). The molecule has 0 radical (unpaired) electrons. The summed E-state index contributed by atoms with van der Waals surface area (Å²) in [6.45, 7) is 8.52. The summed E-state index contributed by atoms with van der Waals surface area (Å²) in [5.41, 5.74) is 7.05. The number of carboxylic acid groups (broad SMARTS) is 1. The van der Waals surface area contributed by atoms with Crippen molar-refractivity contribution in [2.24, 2.45) is 5.16 Å². The number of nitrogens with zero attached hydrogens (tertiary/aromatic N) is 2. The van der Waals surface area contributed by atoms with Gasteiger partial charge in [0.05, 0.1) is 17.0 Å². The third-order valence-corrected chi connectivity index (χ3v) is 5.17. The number of oxime groups is 1. The summed E-state index contributed by atoms with van der Waals surface area (Å²) in [6, 6.07) is 14.0. The van der Waals surface area contributed by atoms with Gasteiger partial charge in [-0.2, -0.15) is 13.2 Å². The Morgan fingerprint density at radius 2 is 1.73 bits per heavy atom. The first-order valence-electron chi connectivity index (χ1n) is 11.3. The van der Waals surface area contributed by atoms with Crippen LogP contribution in [0.5, 0.6) is 0 Å². The van der Waals surface area contributed by atoms with E-state index in [9.17, 15) is 18.0 Å². The number of hydrogen-bond acceptors (Lipinski definition) is 5. The van der Waals surface area contributed by atoms with Gasteiger partial charge in [0.2, 0.25) is 0 Å². The Labute approximate surface area is 211 Å². The van der Waals surface area contributed by atoms with Gasteiger partial charge in [-0.1, -0.05) is 29.4 Å². The van der Waals surface area contributed by atoms with E-state index >= 15 is 0 Å². The lowest BCUT2D eigenvalue weighted by atomic mass is 10.0. The molecule has 11 heteroatoms. The van der Waals surface area contributed by atoms with Crippen molar-refractivity contribution in [2.75, 3.05) is 6.54 Å². The third kappa shape index (κ3) is 7.42. The Bertz CT molecular complexity index is 1310. The molecule has 37 heavy (non-hydrogen) atoms. The minimum absolute atomic E-state index is 0.0175. The number of alkyl halides is 3. The normalized spacial score (nSPS) is 13.7. The molecule has 0 aliphatic carbocycles. The van der Waals surface area contributed by atoms with Crippen LogP contribution in [0.3, 0.4) is 0 Å². The Kier molecular flexibility index (Phi) is 8.05. The van der Waals surface area contributed by atoms with E-state index in [4.69, 9.17) is 14.7 Å². The van der Waals surface area contributed by atoms with Crippen LogP contribution in [0.1, 0.15) is 49.3 Å². The lowest BCUT2D eigenvalue weighted by molar-refractivity contribution is -0.192. The highest BCUT2D eigenvalue weighted by atomic mass is 19.4. The number of aromatic amines is 1. The second-order valence-corrected chi connectivity index (χ2v) is 9.27. The molecule has 0 saturated carbocycles. The predicted octanol–water partition coefficient (Wildman–Crippen LogP) is 5.20. The van der Waals surface area contributed by atoms with Gasteiger partial charge in [-0.15, -0.1) is 0 Å². The van der Waals surface area contributed by atoms with Crippen molar-refractivity contribution in [3.63, 3.8) is 0 Å². The summed E-state index contributed by atoms with van der Waals surface area (Å²) < 4.78 is 31.7. The summed E-state index contributed by atoms with van der Waals surface area (Å²) >= 11 is 0. The van der Waals surface area contributed by atoms with Crippen molar-refractivity contribution in [3.05, 3.63) is 65.5 Å². The summed E-state index contributed by atoms with van der Waals surface area (Å²) in [5.74, 6) is -2.77. The second-order valence-electron chi connectivity index (χ2n) is 9.27. The van der Waals surface area contributed by atoms with Crippen LogP contribution in [-0.2, 0) is 16.1 Å².